The van der Waals surface area contributed by atoms with Gasteiger partial charge in [0.05, 0.1) is 53.1 Å². The minimum Gasteiger partial charge on any atom is -0.480 e. The molecular formula is C41H70N13O11P. The zero-order valence-electron chi connectivity index (χ0n) is 38.6. The zero-order valence-corrected chi connectivity index (χ0v) is 39.5. The maximum absolute atomic E-state index is 12.4. The van der Waals surface area contributed by atoms with Crippen molar-refractivity contribution in [3.05, 3.63) is 36.2 Å². The average Bonchev–Trinajstić information content (AvgIpc) is 3.25. The molecular weight excluding hydrogens is 882 g/mol. The molecule has 1 unspecified atom stereocenters. The molecule has 25 heteroatoms. The molecule has 0 bridgehead atoms. The third kappa shape index (κ3) is 31.5. The summed E-state index contributed by atoms with van der Waals surface area (Å²) in [6.07, 6.45) is 3.19. The maximum atomic E-state index is 12.4. The highest BCUT2D eigenvalue weighted by Gasteiger charge is 2.21. The summed E-state index contributed by atoms with van der Waals surface area (Å²) in [4.78, 5) is 76.9. The van der Waals surface area contributed by atoms with E-state index < -0.39 is 26.1 Å². The predicted octanol–water partition coefficient (Wildman–Crippen LogP) is -0.604. The first-order valence-electron chi connectivity index (χ1n) is 21.6. The van der Waals surface area contributed by atoms with Crippen LogP contribution in [-0.2, 0) is 39.8 Å². The number of hydrogen-bond donors (Lipinski definition) is 9. The molecule has 1 aliphatic heterocycles. The van der Waals surface area contributed by atoms with Crippen LogP contribution in [0, 0.1) is 11.3 Å². The number of nitrogens with one attached hydrogen (secondary N) is 4. The van der Waals surface area contributed by atoms with Gasteiger partial charge >= 0.3 is 17.9 Å². The van der Waals surface area contributed by atoms with Gasteiger partial charge in [0.2, 0.25) is 23.5 Å². The standard InChI is InChI=1S/C21H39N5O7.C18H25N6O4P.C2H6N2/c1-17(2)3-4-22-18(27)13-23-5-7-24(14-19(28)29)9-11-26(16-21(32)33)12-10-25(8-6-23)15-20(30)31;1-29(13-25)28-10-9-19-16(26)3-2-4-17(27)20-11-14-5-7-15(8-6-14)18-23-21-12-22-24-18;1-2(3)4/h17H,3-16H2,1-2H3,(H,22,27)(H,28,29)(H,30,31)(H,32,33);5-8,12,25H,2-4,9-11,13H2,1H3,(H,19,26)(H,20,27);1H3,(H3,3,4). The van der Waals surface area contributed by atoms with E-state index in [1.165, 1.54) is 13.3 Å². The van der Waals surface area contributed by atoms with E-state index in [4.69, 9.17) is 20.8 Å². The summed E-state index contributed by atoms with van der Waals surface area (Å²) in [5, 5.41) is 66.4. The Morgan fingerprint density at radius 2 is 1.15 bits per heavy atom. The van der Waals surface area contributed by atoms with Crippen LogP contribution in [0.5, 0.6) is 0 Å². The lowest BCUT2D eigenvalue weighted by atomic mass is 10.1. The van der Waals surface area contributed by atoms with Gasteiger partial charge in [-0.05, 0) is 37.9 Å². The van der Waals surface area contributed by atoms with E-state index in [9.17, 15) is 44.1 Å². The molecule has 24 nitrogen and oxygen atoms in total. The van der Waals surface area contributed by atoms with Crippen LogP contribution >= 0.6 is 8.15 Å². The number of carbonyl (C=O) groups excluding carboxylic acids is 3. The van der Waals surface area contributed by atoms with E-state index in [2.05, 4.69) is 50.2 Å². The number of nitrogens with zero attached hydrogens (tertiary/aromatic N) is 8. The third-order valence-electron chi connectivity index (χ3n) is 9.27. The van der Waals surface area contributed by atoms with E-state index in [-0.39, 0.29) is 68.9 Å². The fourth-order valence-corrected chi connectivity index (χ4v) is 6.34. The Labute approximate surface area is 387 Å². The van der Waals surface area contributed by atoms with Crippen LogP contribution in [-0.4, -0.2) is 213 Å². The first-order chi connectivity index (χ1) is 31.4. The van der Waals surface area contributed by atoms with Gasteiger partial charge in [-0.3, -0.25) is 53.8 Å². The molecule has 1 atom stereocenters. The Morgan fingerprint density at radius 3 is 1.58 bits per heavy atom. The minimum atomic E-state index is -0.994. The van der Waals surface area contributed by atoms with Gasteiger partial charge in [0.15, 0.2) is 6.33 Å². The Kier molecular flexibility index (Phi) is 31.0. The molecule has 3 rings (SSSR count). The number of carboxylic acids is 3. The summed E-state index contributed by atoms with van der Waals surface area (Å²) in [6.45, 7) is 11.9. The Hall–Kier alpha value is -5.36. The second-order valence-corrected chi connectivity index (χ2v) is 17.4. The molecule has 1 aromatic heterocycles. The number of aromatic nitrogens is 4. The minimum absolute atomic E-state index is 0.0128. The van der Waals surface area contributed by atoms with Crippen molar-refractivity contribution < 1.29 is 53.7 Å². The number of amidine groups is 1. The number of amides is 3. The fourth-order valence-electron chi connectivity index (χ4n) is 5.86. The molecule has 370 valence electrons. The van der Waals surface area contributed by atoms with Crippen LogP contribution in [0.3, 0.4) is 0 Å². The number of carboxylic acid groups (broad SMARTS) is 3. The lowest BCUT2D eigenvalue weighted by molar-refractivity contribution is -0.140. The monoisotopic (exact) mass is 952 g/mol. The van der Waals surface area contributed by atoms with E-state index in [0.29, 0.717) is 96.8 Å². The Bertz CT molecular complexity index is 1710. The molecule has 1 aromatic carbocycles. The molecule has 0 spiro atoms. The summed E-state index contributed by atoms with van der Waals surface area (Å²) in [5.74, 6) is -2.21. The Balaban J connectivity index is 0.000000614. The van der Waals surface area contributed by atoms with Gasteiger partial charge < -0.3 is 46.6 Å². The highest BCUT2D eigenvalue weighted by atomic mass is 31.1. The van der Waals surface area contributed by atoms with E-state index in [1.807, 2.05) is 35.8 Å². The van der Waals surface area contributed by atoms with Gasteiger partial charge in [0.1, 0.15) is 0 Å². The first-order valence-corrected chi connectivity index (χ1v) is 23.5. The number of carbonyl (C=O) groups is 6. The van der Waals surface area contributed by atoms with Crippen molar-refractivity contribution in [1.29, 1.82) is 5.41 Å². The molecule has 1 aliphatic rings. The summed E-state index contributed by atoms with van der Waals surface area (Å²) in [6, 6.07) is 7.44. The van der Waals surface area contributed by atoms with Gasteiger partial charge in [-0.1, -0.05) is 38.1 Å². The largest absolute Gasteiger partial charge is 0.480 e. The number of benzene rings is 1. The molecule has 2 heterocycles. The number of aliphatic hydroxyl groups excluding tert-OH is 1. The van der Waals surface area contributed by atoms with Crippen molar-refractivity contribution in [1.82, 2.24) is 55.9 Å². The van der Waals surface area contributed by atoms with Gasteiger partial charge in [-0.15, -0.1) is 20.4 Å². The molecule has 10 N–H and O–H groups in total. The van der Waals surface area contributed by atoms with Crippen molar-refractivity contribution in [3.63, 3.8) is 0 Å². The summed E-state index contributed by atoms with van der Waals surface area (Å²) >= 11 is 0. The molecule has 3 amide bonds. The van der Waals surface area contributed by atoms with Crippen LogP contribution in [0.25, 0.3) is 11.4 Å². The molecule has 0 aliphatic carbocycles. The highest BCUT2D eigenvalue weighted by molar-refractivity contribution is 7.51. The van der Waals surface area contributed by atoms with Crippen molar-refractivity contribution in [3.8, 4) is 11.4 Å². The highest BCUT2D eigenvalue weighted by Crippen LogP contribution is 2.29. The molecule has 0 saturated carbocycles. The molecule has 66 heavy (non-hydrogen) atoms. The number of aliphatic hydroxyl groups is 1. The lowest BCUT2D eigenvalue weighted by Crippen LogP contribution is -2.49. The van der Waals surface area contributed by atoms with Crippen LogP contribution in [0.4, 0.5) is 0 Å². The molecule has 0 radical (unpaired) electrons. The van der Waals surface area contributed by atoms with Gasteiger partial charge in [0.25, 0.3) is 0 Å². The van der Waals surface area contributed by atoms with Gasteiger partial charge in [-0.2, -0.15) is 0 Å². The van der Waals surface area contributed by atoms with Crippen molar-refractivity contribution >= 4 is 49.6 Å². The van der Waals surface area contributed by atoms with Gasteiger partial charge in [-0.25, -0.2) is 0 Å². The van der Waals surface area contributed by atoms with Crippen LogP contribution in [0.2, 0.25) is 0 Å². The fraction of sp³-hybridized carbons (Fsp3) is 0.634. The molecule has 1 saturated heterocycles. The number of hydrogen-bond acceptors (Lipinski definition) is 17. The van der Waals surface area contributed by atoms with E-state index in [0.717, 1.165) is 17.5 Å². The maximum Gasteiger partial charge on any atom is 0.317 e. The topological polar surface area (TPSA) is 343 Å². The zero-order chi connectivity index (χ0) is 49.3. The van der Waals surface area contributed by atoms with Gasteiger partial charge in [0, 0.05) is 90.4 Å². The van der Waals surface area contributed by atoms with Crippen molar-refractivity contribution in [2.45, 2.75) is 53.0 Å². The average molecular weight is 952 g/mol. The van der Waals surface area contributed by atoms with Crippen LogP contribution in [0.1, 0.15) is 52.0 Å². The number of rotatable bonds is 23. The third-order valence-corrected chi connectivity index (χ3v) is 10.3. The second-order valence-electron chi connectivity index (χ2n) is 15.7. The smallest absolute Gasteiger partial charge is 0.317 e. The molecule has 1 fully saturated rings. The van der Waals surface area contributed by atoms with E-state index in [1.54, 1.807) is 14.7 Å². The van der Waals surface area contributed by atoms with E-state index >= 15 is 0 Å². The van der Waals surface area contributed by atoms with Crippen LogP contribution in [0.15, 0.2) is 30.6 Å². The summed E-state index contributed by atoms with van der Waals surface area (Å²) in [5.41, 5.74) is 6.43. The lowest BCUT2D eigenvalue weighted by Gasteiger charge is -2.32. The quantitative estimate of drug-likeness (QED) is 0.0290. The molecule has 2 aromatic rings. The summed E-state index contributed by atoms with van der Waals surface area (Å²) < 4.78 is 5.31. The summed E-state index contributed by atoms with van der Waals surface area (Å²) in [7, 11) is -0.827. The predicted molar refractivity (Wildman–Crippen MR) is 246 cm³/mol. The number of nitrogens with two attached hydrogens (primary N) is 1. The Morgan fingerprint density at radius 1 is 0.727 bits per heavy atom. The van der Waals surface area contributed by atoms with Crippen LogP contribution < -0.4 is 21.7 Å². The van der Waals surface area contributed by atoms with Crippen molar-refractivity contribution in [2.75, 3.05) is 111 Å². The van der Waals surface area contributed by atoms with Crippen molar-refractivity contribution in [2.24, 2.45) is 11.7 Å². The number of aliphatic carboxylic acids is 3. The normalized spacial score (nSPS) is 14.7. The second kappa shape index (κ2) is 34.9. The first kappa shape index (κ1) is 58.7. The SMILES string of the molecule is CC(=N)N.CC(C)CCNC(=O)CN1CCN(CC(=O)O)CCN(CC(=O)O)CCN(CC(=O)O)CC1.CP(CO)OCCNC(=O)CCCC(=O)NCc1ccc(-c2nncnn2)cc1.